The third-order valence-electron chi connectivity index (χ3n) is 3.76. The topological polar surface area (TPSA) is 17.8 Å². The minimum atomic E-state index is 0.482. The highest BCUT2D eigenvalue weighted by atomic mass is 79.9. The van der Waals surface area contributed by atoms with Gasteiger partial charge in [-0.15, -0.1) is 11.8 Å². The molecule has 24 heavy (non-hydrogen) atoms. The lowest BCUT2D eigenvalue weighted by Crippen LogP contribution is -2.13. The van der Waals surface area contributed by atoms with Crippen LogP contribution in [0.2, 0.25) is 5.02 Å². The van der Waals surface area contributed by atoms with Crippen LogP contribution in [0.3, 0.4) is 0 Å². The number of aryl methyl sites for hydroxylation is 1. The van der Waals surface area contributed by atoms with Gasteiger partial charge in [-0.3, -0.25) is 0 Å². The number of aromatic nitrogens is 2. The molecule has 0 aliphatic heterocycles. The minimum absolute atomic E-state index is 0.482. The molecule has 1 heterocycles. The number of thioether (sulfide) groups is 1. The predicted molar refractivity (Wildman–Crippen MR) is 106 cm³/mol. The van der Waals surface area contributed by atoms with Crippen LogP contribution in [0.25, 0.3) is 0 Å². The van der Waals surface area contributed by atoms with Crippen LogP contribution in [0.1, 0.15) is 12.0 Å². The van der Waals surface area contributed by atoms with Crippen molar-refractivity contribution in [3.63, 3.8) is 0 Å². The van der Waals surface area contributed by atoms with Crippen molar-refractivity contribution in [1.82, 2.24) is 9.55 Å². The van der Waals surface area contributed by atoms with Gasteiger partial charge in [-0.25, -0.2) is 4.98 Å². The summed E-state index contributed by atoms with van der Waals surface area (Å²) in [6, 6.07) is 16.7. The van der Waals surface area contributed by atoms with Crippen LogP contribution < -0.4 is 0 Å². The van der Waals surface area contributed by atoms with Crippen molar-refractivity contribution in [2.24, 2.45) is 0 Å². The van der Waals surface area contributed by atoms with Gasteiger partial charge in [-0.2, -0.15) is 0 Å². The van der Waals surface area contributed by atoms with Crippen LogP contribution in [0, 0.1) is 0 Å². The molecule has 0 N–H and O–H groups in total. The SMILES string of the molecule is Clc1ccc(CCC(Cn2ccnc2)Sc2ccc(Br)cc2)cc1. The maximum Gasteiger partial charge on any atom is 0.0946 e. The van der Waals surface area contributed by atoms with Gasteiger partial charge in [0, 0.05) is 38.6 Å². The molecule has 124 valence electrons. The highest BCUT2D eigenvalue weighted by Gasteiger charge is 2.12. The van der Waals surface area contributed by atoms with Crippen LogP contribution in [0.15, 0.2) is 76.6 Å². The van der Waals surface area contributed by atoms with E-state index in [2.05, 4.69) is 61.9 Å². The number of benzene rings is 2. The molecule has 0 aliphatic carbocycles. The number of halogens is 2. The van der Waals surface area contributed by atoms with Gasteiger partial charge in [-0.05, 0) is 54.8 Å². The first kappa shape index (κ1) is 17.6. The number of hydrogen-bond acceptors (Lipinski definition) is 2. The molecule has 2 nitrogen and oxygen atoms in total. The molecule has 0 amide bonds. The zero-order valence-corrected chi connectivity index (χ0v) is 16.3. The molecule has 5 heteroatoms. The van der Waals surface area contributed by atoms with Crippen LogP contribution in [0.5, 0.6) is 0 Å². The largest absolute Gasteiger partial charge is 0.336 e. The first-order valence-electron chi connectivity index (χ1n) is 7.81. The molecule has 0 aliphatic rings. The Morgan fingerprint density at radius 1 is 1.08 bits per heavy atom. The van der Waals surface area contributed by atoms with E-state index in [1.165, 1.54) is 10.5 Å². The summed E-state index contributed by atoms with van der Waals surface area (Å²) in [5.41, 5.74) is 1.33. The zero-order valence-electron chi connectivity index (χ0n) is 13.1. The Bertz CT molecular complexity index is 742. The maximum atomic E-state index is 5.97. The van der Waals surface area contributed by atoms with E-state index in [4.69, 9.17) is 11.6 Å². The Hall–Kier alpha value is -1.23. The second-order valence-electron chi connectivity index (χ2n) is 5.62. The Labute approximate surface area is 160 Å². The van der Waals surface area contributed by atoms with Gasteiger partial charge in [0.1, 0.15) is 0 Å². The lowest BCUT2D eigenvalue weighted by molar-refractivity contribution is 0.624. The summed E-state index contributed by atoms with van der Waals surface area (Å²) in [4.78, 5) is 5.45. The Morgan fingerprint density at radius 3 is 2.50 bits per heavy atom. The van der Waals surface area contributed by atoms with Crippen molar-refractivity contribution in [3.8, 4) is 0 Å². The predicted octanol–water partition coefficient (Wildman–Crippen LogP) is 6.09. The van der Waals surface area contributed by atoms with E-state index in [-0.39, 0.29) is 0 Å². The average Bonchev–Trinajstić information content (AvgIpc) is 3.09. The highest BCUT2D eigenvalue weighted by Crippen LogP contribution is 2.29. The zero-order chi connectivity index (χ0) is 16.8. The molecule has 0 saturated carbocycles. The molecule has 0 fully saturated rings. The van der Waals surface area contributed by atoms with Crippen molar-refractivity contribution in [3.05, 3.63) is 82.3 Å². The quantitative estimate of drug-likeness (QED) is 0.429. The number of nitrogens with zero attached hydrogens (tertiary/aromatic N) is 2. The lowest BCUT2D eigenvalue weighted by Gasteiger charge is -2.17. The Kier molecular flexibility index (Phi) is 6.41. The fourth-order valence-electron chi connectivity index (χ4n) is 2.50. The molecule has 2 aromatic carbocycles. The van der Waals surface area contributed by atoms with Crippen LogP contribution in [-0.2, 0) is 13.0 Å². The number of rotatable bonds is 7. The molecule has 1 aromatic heterocycles. The molecule has 1 atom stereocenters. The van der Waals surface area contributed by atoms with Gasteiger partial charge in [0.05, 0.1) is 6.33 Å². The first-order valence-corrected chi connectivity index (χ1v) is 9.86. The minimum Gasteiger partial charge on any atom is -0.336 e. The smallest absolute Gasteiger partial charge is 0.0946 e. The van der Waals surface area contributed by atoms with Gasteiger partial charge in [0.15, 0.2) is 0 Å². The summed E-state index contributed by atoms with van der Waals surface area (Å²) in [6.07, 6.45) is 7.88. The molecular weight excluding hydrogens is 404 g/mol. The van der Waals surface area contributed by atoms with Crippen molar-refractivity contribution in [1.29, 1.82) is 0 Å². The van der Waals surface area contributed by atoms with Crippen molar-refractivity contribution in [2.75, 3.05) is 0 Å². The van der Waals surface area contributed by atoms with Gasteiger partial charge in [0.25, 0.3) is 0 Å². The number of hydrogen-bond donors (Lipinski definition) is 0. The van der Waals surface area contributed by atoms with Gasteiger partial charge in [-0.1, -0.05) is 39.7 Å². The Morgan fingerprint density at radius 2 is 1.83 bits per heavy atom. The average molecular weight is 422 g/mol. The fourth-order valence-corrected chi connectivity index (χ4v) is 4.05. The molecule has 0 spiro atoms. The Balaban J connectivity index is 1.66. The highest BCUT2D eigenvalue weighted by molar-refractivity contribution is 9.10. The third-order valence-corrected chi connectivity index (χ3v) is 5.80. The summed E-state index contributed by atoms with van der Waals surface area (Å²) >= 11 is 11.4. The normalized spacial score (nSPS) is 12.2. The molecular formula is C19H18BrClN2S. The van der Waals surface area contributed by atoms with Crippen LogP contribution in [-0.4, -0.2) is 14.8 Å². The summed E-state index contributed by atoms with van der Waals surface area (Å²) in [6.45, 7) is 0.953. The second kappa shape index (κ2) is 8.75. The van der Waals surface area contributed by atoms with E-state index < -0.39 is 0 Å². The maximum absolute atomic E-state index is 5.97. The molecule has 0 radical (unpaired) electrons. The van der Waals surface area contributed by atoms with Crippen LogP contribution >= 0.6 is 39.3 Å². The summed E-state index contributed by atoms with van der Waals surface area (Å²) in [7, 11) is 0. The summed E-state index contributed by atoms with van der Waals surface area (Å²) in [5, 5.41) is 1.27. The van der Waals surface area contributed by atoms with E-state index in [1.54, 1.807) is 0 Å². The monoisotopic (exact) mass is 420 g/mol. The van der Waals surface area contributed by atoms with Gasteiger partial charge < -0.3 is 4.57 Å². The van der Waals surface area contributed by atoms with Crippen LogP contribution in [0.4, 0.5) is 0 Å². The molecule has 0 bridgehead atoms. The van der Waals surface area contributed by atoms with Gasteiger partial charge >= 0.3 is 0 Å². The summed E-state index contributed by atoms with van der Waals surface area (Å²) < 4.78 is 3.26. The van der Waals surface area contributed by atoms with Crippen molar-refractivity contribution >= 4 is 39.3 Å². The molecule has 1 unspecified atom stereocenters. The third kappa shape index (κ3) is 5.40. The van der Waals surface area contributed by atoms with E-state index in [0.29, 0.717) is 5.25 Å². The fraction of sp³-hybridized carbons (Fsp3) is 0.211. The molecule has 3 aromatic rings. The van der Waals surface area contributed by atoms with Crippen molar-refractivity contribution < 1.29 is 0 Å². The standard InChI is InChI=1S/C19H18BrClN2S/c20-16-4-9-18(10-5-16)24-19(13-23-12-11-22-14-23)8-3-15-1-6-17(21)7-2-15/h1-2,4-7,9-12,14,19H,3,8,13H2. The summed E-state index contributed by atoms with van der Waals surface area (Å²) in [5.74, 6) is 0. The van der Waals surface area contributed by atoms with Gasteiger partial charge in [0.2, 0.25) is 0 Å². The van der Waals surface area contributed by atoms with E-state index in [0.717, 1.165) is 28.9 Å². The molecule has 0 saturated heterocycles. The number of imidazole rings is 1. The lowest BCUT2D eigenvalue weighted by atomic mass is 10.1. The second-order valence-corrected chi connectivity index (χ2v) is 8.34. The van der Waals surface area contributed by atoms with Crippen molar-refractivity contribution in [2.45, 2.75) is 29.5 Å². The van der Waals surface area contributed by atoms with E-state index in [9.17, 15) is 0 Å². The molecule has 3 rings (SSSR count). The first-order chi connectivity index (χ1) is 11.7. The van der Waals surface area contributed by atoms with E-state index >= 15 is 0 Å². The van der Waals surface area contributed by atoms with E-state index in [1.807, 2.05) is 42.6 Å².